The number of para-hydroxylation sites is 1. The van der Waals surface area contributed by atoms with Gasteiger partial charge in [0.2, 0.25) is 0 Å². The predicted octanol–water partition coefficient (Wildman–Crippen LogP) is 2.04. The number of nitrogens with one attached hydrogen (secondary N) is 3. The van der Waals surface area contributed by atoms with Crippen molar-refractivity contribution in [2.75, 3.05) is 23.7 Å². The molecule has 3 N–H and O–H groups in total. The van der Waals surface area contributed by atoms with E-state index in [1.165, 1.54) is 11.0 Å². The van der Waals surface area contributed by atoms with Crippen molar-refractivity contribution < 1.29 is 4.79 Å². The van der Waals surface area contributed by atoms with E-state index in [-0.39, 0.29) is 11.6 Å². The van der Waals surface area contributed by atoms with E-state index < -0.39 is 0 Å². The minimum Gasteiger partial charge on any atom is -0.367 e. The van der Waals surface area contributed by atoms with Crippen molar-refractivity contribution in [1.29, 1.82) is 0 Å². The molecule has 0 aliphatic rings. The van der Waals surface area contributed by atoms with Gasteiger partial charge in [0.05, 0.1) is 23.8 Å². The Bertz CT molecular complexity index is 1080. The molecule has 4 aromatic rings. The first kappa shape index (κ1) is 19.0. The number of amides is 1. The third kappa shape index (κ3) is 4.93. The van der Waals surface area contributed by atoms with Gasteiger partial charge < -0.3 is 16.0 Å². The molecule has 10 nitrogen and oxygen atoms in total. The van der Waals surface area contributed by atoms with Crippen molar-refractivity contribution >= 4 is 23.2 Å². The zero-order valence-corrected chi connectivity index (χ0v) is 15.9. The van der Waals surface area contributed by atoms with Gasteiger partial charge in [-0.25, -0.2) is 0 Å². The number of rotatable bonds is 8. The number of carbonyl (C=O) groups excluding carboxylic acids is 1. The Hall–Kier alpha value is -4.34. The van der Waals surface area contributed by atoms with Crippen molar-refractivity contribution in [1.82, 2.24) is 35.5 Å². The second-order valence-electron chi connectivity index (χ2n) is 6.21. The maximum atomic E-state index is 12.2. The van der Waals surface area contributed by atoms with Crippen molar-refractivity contribution in [2.24, 2.45) is 0 Å². The Morgan fingerprint density at radius 2 is 1.73 bits per heavy atom. The molecule has 1 amide bonds. The second kappa shape index (κ2) is 9.24. The summed E-state index contributed by atoms with van der Waals surface area (Å²) >= 11 is 0. The summed E-state index contributed by atoms with van der Waals surface area (Å²) in [6.45, 7) is 0.886. The molecule has 0 fully saturated rings. The molecular formula is C20H19N9O. The Kier molecular flexibility index (Phi) is 5.85. The van der Waals surface area contributed by atoms with Gasteiger partial charge in [0.25, 0.3) is 5.91 Å². The lowest BCUT2D eigenvalue weighted by Gasteiger charge is -2.07. The predicted molar refractivity (Wildman–Crippen MR) is 112 cm³/mol. The van der Waals surface area contributed by atoms with E-state index in [2.05, 4.69) is 41.3 Å². The topological polar surface area (TPSA) is 123 Å². The smallest absolute Gasteiger partial charge is 0.273 e. The summed E-state index contributed by atoms with van der Waals surface area (Å²) in [4.78, 5) is 17.7. The van der Waals surface area contributed by atoms with Crippen LogP contribution in [0.1, 0.15) is 10.5 Å². The third-order valence-corrected chi connectivity index (χ3v) is 4.03. The first-order valence-electron chi connectivity index (χ1n) is 9.28. The van der Waals surface area contributed by atoms with E-state index in [4.69, 9.17) is 0 Å². The molecule has 3 aromatic heterocycles. The van der Waals surface area contributed by atoms with Crippen LogP contribution in [0.25, 0.3) is 5.69 Å². The molecule has 0 aliphatic carbocycles. The van der Waals surface area contributed by atoms with Gasteiger partial charge in [0.1, 0.15) is 5.82 Å². The van der Waals surface area contributed by atoms with Gasteiger partial charge in [-0.1, -0.05) is 18.2 Å². The fourth-order valence-electron chi connectivity index (χ4n) is 2.59. The molecule has 0 aliphatic heterocycles. The number of carbonyl (C=O) groups is 1. The van der Waals surface area contributed by atoms with Gasteiger partial charge in [-0.2, -0.15) is 9.90 Å². The van der Waals surface area contributed by atoms with Crippen molar-refractivity contribution in [3.63, 3.8) is 0 Å². The minimum atomic E-state index is -0.291. The highest BCUT2D eigenvalue weighted by molar-refractivity contribution is 5.91. The average molecular weight is 401 g/mol. The molecule has 0 unspecified atom stereocenters. The summed E-state index contributed by atoms with van der Waals surface area (Å²) in [7, 11) is 0. The lowest BCUT2D eigenvalue weighted by atomic mass is 10.3. The first-order valence-corrected chi connectivity index (χ1v) is 9.28. The molecule has 4 rings (SSSR count). The van der Waals surface area contributed by atoms with Crippen molar-refractivity contribution in [2.45, 2.75) is 0 Å². The molecule has 150 valence electrons. The highest BCUT2D eigenvalue weighted by atomic mass is 16.2. The number of benzene rings is 1. The highest BCUT2D eigenvalue weighted by Crippen LogP contribution is 2.12. The van der Waals surface area contributed by atoms with Gasteiger partial charge in [0, 0.05) is 19.3 Å². The Labute approximate surface area is 172 Å². The van der Waals surface area contributed by atoms with Crippen LogP contribution in [0.3, 0.4) is 0 Å². The van der Waals surface area contributed by atoms with Gasteiger partial charge in [-0.3, -0.25) is 9.78 Å². The largest absolute Gasteiger partial charge is 0.367 e. The van der Waals surface area contributed by atoms with Gasteiger partial charge in [-0.15, -0.1) is 15.3 Å². The van der Waals surface area contributed by atoms with Gasteiger partial charge in [0.15, 0.2) is 11.5 Å². The summed E-state index contributed by atoms with van der Waals surface area (Å²) in [5.74, 6) is 0.931. The van der Waals surface area contributed by atoms with E-state index in [1.807, 2.05) is 48.5 Å². The zero-order valence-electron chi connectivity index (χ0n) is 15.9. The Balaban J connectivity index is 1.22. The summed E-state index contributed by atoms with van der Waals surface area (Å²) in [5.41, 5.74) is 1.88. The van der Waals surface area contributed by atoms with Crippen LogP contribution in [0, 0.1) is 0 Å². The number of anilines is 3. The fraction of sp³-hybridized carbons (Fsp3) is 0.100. The normalized spacial score (nSPS) is 10.4. The molecule has 0 saturated heterocycles. The van der Waals surface area contributed by atoms with Crippen LogP contribution in [0.4, 0.5) is 17.3 Å². The van der Waals surface area contributed by atoms with Crippen molar-refractivity contribution in [3.05, 3.63) is 78.9 Å². The first-order chi connectivity index (χ1) is 14.8. The lowest BCUT2D eigenvalue weighted by Crippen LogP contribution is -2.29. The molecule has 1 aromatic carbocycles. The van der Waals surface area contributed by atoms with Crippen LogP contribution >= 0.6 is 0 Å². The molecule has 3 heterocycles. The van der Waals surface area contributed by atoms with Crippen LogP contribution in [-0.2, 0) is 0 Å². The maximum absolute atomic E-state index is 12.2. The average Bonchev–Trinajstić information content (AvgIpc) is 3.30. The third-order valence-electron chi connectivity index (χ3n) is 4.03. The summed E-state index contributed by atoms with van der Waals surface area (Å²) in [6.07, 6.45) is 4.85. The lowest BCUT2D eigenvalue weighted by molar-refractivity contribution is 0.0950. The molecule has 30 heavy (non-hydrogen) atoms. The minimum absolute atomic E-state index is 0.254. The van der Waals surface area contributed by atoms with E-state index in [0.717, 1.165) is 11.4 Å². The Morgan fingerprint density at radius 1 is 0.900 bits per heavy atom. The fourth-order valence-corrected chi connectivity index (χ4v) is 2.59. The molecule has 0 saturated carbocycles. The van der Waals surface area contributed by atoms with Crippen LogP contribution < -0.4 is 16.0 Å². The van der Waals surface area contributed by atoms with Crippen molar-refractivity contribution in [3.8, 4) is 5.69 Å². The molecule has 0 bridgehead atoms. The maximum Gasteiger partial charge on any atom is 0.273 e. The number of nitrogens with zero attached hydrogens (tertiary/aromatic N) is 6. The quantitative estimate of drug-likeness (QED) is 0.383. The number of aromatic nitrogens is 6. The number of pyridine rings is 1. The SMILES string of the molecule is O=C(NCCNc1ccc(Nc2cccnc2)nn1)c1cnn(-c2ccccc2)n1. The van der Waals surface area contributed by atoms with E-state index >= 15 is 0 Å². The summed E-state index contributed by atoms with van der Waals surface area (Å²) in [5, 5.41) is 25.5. The van der Waals surface area contributed by atoms with Gasteiger partial charge >= 0.3 is 0 Å². The standard InChI is InChI=1S/C20H19N9O/c30-20(17-14-24-29(28-17)16-6-2-1-3-7-16)23-12-11-22-18-8-9-19(27-26-18)25-15-5-4-10-21-13-15/h1-10,13-14H,11-12H2,(H,22,26)(H,23,30)(H,25,27). The van der Waals surface area contributed by atoms with Gasteiger partial charge in [-0.05, 0) is 36.4 Å². The monoisotopic (exact) mass is 401 g/mol. The molecule has 10 heteroatoms. The number of hydrogen-bond acceptors (Lipinski definition) is 8. The van der Waals surface area contributed by atoms with E-state index in [9.17, 15) is 4.79 Å². The summed E-state index contributed by atoms with van der Waals surface area (Å²) in [6, 6.07) is 16.7. The molecule has 0 atom stereocenters. The number of hydrogen-bond donors (Lipinski definition) is 3. The second-order valence-corrected chi connectivity index (χ2v) is 6.21. The van der Waals surface area contributed by atoms with Crippen LogP contribution in [-0.4, -0.2) is 49.2 Å². The highest BCUT2D eigenvalue weighted by Gasteiger charge is 2.10. The van der Waals surface area contributed by atoms with E-state index in [1.54, 1.807) is 18.5 Å². The molecular weight excluding hydrogens is 382 g/mol. The van der Waals surface area contributed by atoms with E-state index in [0.29, 0.717) is 24.7 Å². The van der Waals surface area contributed by atoms with Crippen LogP contribution in [0.15, 0.2) is 73.2 Å². The molecule has 0 radical (unpaired) electrons. The zero-order chi connectivity index (χ0) is 20.6. The molecule has 0 spiro atoms. The van der Waals surface area contributed by atoms with Crippen LogP contribution in [0.2, 0.25) is 0 Å². The summed E-state index contributed by atoms with van der Waals surface area (Å²) < 4.78 is 0. The van der Waals surface area contributed by atoms with Crippen LogP contribution in [0.5, 0.6) is 0 Å². The Morgan fingerprint density at radius 3 is 2.50 bits per heavy atom.